The molecule has 1 N–H and O–H groups in total. The maximum atomic E-state index is 11.8. The van der Waals surface area contributed by atoms with Crippen LogP contribution in [0.4, 0.5) is 0 Å². The molecule has 1 aliphatic rings. The Bertz CT molecular complexity index is 829. The standard InChI is InChI=1S/C20H30N2O3S/c1-3-26(23,24)12-8-16-6-7-20-19(13-16)17(15-21-20)14-18-5-4-9-22(18)10-11-25-2/h6-7,13,15,18,21H,3-5,8-12,14H2,1-2H3. The van der Waals surface area contributed by atoms with Crippen LogP contribution in [0, 0.1) is 0 Å². The van der Waals surface area contributed by atoms with E-state index in [9.17, 15) is 8.42 Å². The molecule has 1 saturated heterocycles. The van der Waals surface area contributed by atoms with Crippen molar-refractivity contribution in [2.45, 2.75) is 38.6 Å². The fourth-order valence-corrected chi connectivity index (χ4v) is 4.69. The van der Waals surface area contributed by atoms with Crippen molar-refractivity contribution in [2.24, 2.45) is 0 Å². The highest BCUT2D eigenvalue weighted by Crippen LogP contribution is 2.26. The van der Waals surface area contributed by atoms with E-state index in [1.54, 1.807) is 14.0 Å². The molecule has 6 heteroatoms. The number of hydrogen-bond donors (Lipinski definition) is 1. The normalized spacial score (nSPS) is 18.8. The minimum absolute atomic E-state index is 0.212. The van der Waals surface area contributed by atoms with Gasteiger partial charge in [-0.2, -0.15) is 0 Å². The number of likely N-dealkylation sites (tertiary alicyclic amines) is 1. The summed E-state index contributed by atoms with van der Waals surface area (Å²) in [6.45, 7) is 4.63. The lowest BCUT2D eigenvalue weighted by Crippen LogP contribution is -2.33. The number of methoxy groups -OCH3 is 1. The number of rotatable bonds is 9. The summed E-state index contributed by atoms with van der Waals surface area (Å²) >= 11 is 0. The zero-order valence-electron chi connectivity index (χ0n) is 15.8. The lowest BCUT2D eigenvalue weighted by Gasteiger charge is -2.23. The molecule has 1 aromatic heterocycles. The lowest BCUT2D eigenvalue weighted by molar-refractivity contribution is 0.141. The summed E-state index contributed by atoms with van der Waals surface area (Å²) in [6.07, 6.45) is 6.20. The first-order valence-electron chi connectivity index (χ1n) is 9.54. The molecule has 1 aromatic carbocycles. The molecule has 0 spiro atoms. The molecule has 0 amide bonds. The van der Waals surface area contributed by atoms with Gasteiger partial charge in [-0.1, -0.05) is 13.0 Å². The topological polar surface area (TPSA) is 62.4 Å². The van der Waals surface area contributed by atoms with Crippen LogP contribution in [-0.2, 0) is 27.4 Å². The molecule has 0 aliphatic carbocycles. The van der Waals surface area contributed by atoms with Crippen LogP contribution in [0.5, 0.6) is 0 Å². The Labute approximate surface area is 156 Å². The minimum Gasteiger partial charge on any atom is -0.383 e. The molecule has 0 saturated carbocycles. The molecule has 0 bridgehead atoms. The maximum Gasteiger partial charge on any atom is 0.150 e. The highest BCUT2D eigenvalue weighted by Gasteiger charge is 2.25. The number of benzene rings is 1. The monoisotopic (exact) mass is 378 g/mol. The number of fused-ring (bicyclic) bond motifs is 1. The van der Waals surface area contributed by atoms with E-state index in [0.29, 0.717) is 12.5 Å². The van der Waals surface area contributed by atoms with Crippen LogP contribution in [-0.4, -0.2) is 62.7 Å². The Morgan fingerprint density at radius 2 is 2.19 bits per heavy atom. The summed E-state index contributed by atoms with van der Waals surface area (Å²) in [5.74, 6) is 0.436. The van der Waals surface area contributed by atoms with Crippen molar-refractivity contribution in [3.63, 3.8) is 0 Å². The predicted molar refractivity (Wildman–Crippen MR) is 107 cm³/mol. The predicted octanol–water partition coefficient (Wildman–Crippen LogP) is 2.80. The molecule has 5 nitrogen and oxygen atoms in total. The van der Waals surface area contributed by atoms with E-state index in [-0.39, 0.29) is 11.5 Å². The van der Waals surface area contributed by atoms with E-state index in [1.807, 2.05) is 6.07 Å². The smallest absolute Gasteiger partial charge is 0.150 e. The molecule has 1 fully saturated rings. The van der Waals surface area contributed by atoms with Crippen LogP contribution in [0.3, 0.4) is 0 Å². The van der Waals surface area contributed by atoms with Crippen LogP contribution in [0.1, 0.15) is 30.9 Å². The molecule has 26 heavy (non-hydrogen) atoms. The van der Waals surface area contributed by atoms with E-state index in [0.717, 1.165) is 37.2 Å². The number of H-pyrrole nitrogens is 1. The van der Waals surface area contributed by atoms with Gasteiger partial charge < -0.3 is 9.72 Å². The van der Waals surface area contributed by atoms with Crippen LogP contribution < -0.4 is 0 Å². The van der Waals surface area contributed by atoms with Gasteiger partial charge >= 0.3 is 0 Å². The van der Waals surface area contributed by atoms with Crippen LogP contribution in [0.25, 0.3) is 10.9 Å². The fourth-order valence-electron chi connectivity index (χ4n) is 3.85. The van der Waals surface area contributed by atoms with Crippen molar-refractivity contribution >= 4 is 20.7 Å². The zero-order chi connectivity index (χ0) is 18.6. The van der Waals surface area contributed by atoms with Gasteiger partial charge in [-0.05, 0) is 55.5 Å². The second-order valence-electron chi connectivity index (χ2n) is 7.21. The number of aryl methyl sites for hydroxylation is 1. The summed E-state index contributed by atoms with van der Waals surface area (Å²) in [7, 11) is -1.17. The van der Waals surface area contributed by atoms with Gasteiger partial charge in [0, 0.05) is 42.5 Å². The summed E-state index contributed by atoms with van der Waals surface area (Å²) in [5.41, 5.74) is 3.55. The Balaban J connectivity index is 1.73. The van der Waals surface area contributed by atoms with Crippen molar-refractivity contribution in [3.8, 4) is 0 Å². The highest BCUT2D eigenvalue weighted by atomic mass is 32.2. The molecule has 1 aliphatic heterocycles. The zero-order valence-corrected chi connectivity index (χ0v) is 16.6. The van der Waals surface area contributed by atoms with Gasteiger partial charge in [0.05, 0.1) is 12.4 Å². The average Bonchev–Trinajstić information content (AvgIpc) is 3.25. The number of nitrogens with one attached hydrogen (secondary N) is 1. The van der Waals surface area contributed by atoms with E-state index in [4.69, 9.17) is 4.74 Å². The van der Waals surface area contributed by atoms with E-state index in [2.05, 4.69) is 28.2 Å². The molecular formula is C20H30N2O3S. The first-order valence-corrected chi connectivity index (χ1v) is 11.4. The Morgan fingerprint density at radius 3 is 2.96 bits per heavy atom. The second kappa shape index (κ2) is 8.55. The Morgan fingerprint density at radius 1 is 1.35 bits per heavy atom. The molecule has 2 heterocycles. The number of nitrogens with zero attached hydrogens (tertiary/aromatic N) is 1. The van der Waals surface area contributed by atoms with Crippen molar-refractivity contribution < 1.29 is 13.2 Å². The fraction of sp³-hybridized carbons (Fsp3) is 0.600. The van der Waals surface area contributed by atoms with Crippen molar-refractivity contribution in [3.05, 3.63) is 35.5 Å². The largest absolute Gasteiger partial charge is 0.383 e. The van der Waals surface area contributed by atoms with Crippen LogP contribution >= 0.6 is 0 Å². The Kier molecular flexibility index (Phi) is 6.37. The van der Waals surface area contributed by atoms with Crippen molar-refractivity contribution in [2.75, 3.05) is 38.3 Å². The number of aromatic nitrogens is 1. The summed E-state index contributed by atoms with van der Waals surface area (Å²) in [5, 5.41) is 1.23. The Hall–Kier alpha value is -1.37. The summed E-state index contributed by atoms with van der Waals surface area (Å²) < 4.78 is 28.8. The molecule has 1 unspecified atom stereocenters. The summed E-state index contributed by atoms with van der Waals surface area (Å²) in [4.78, 5) is 5.90. The van der Waals surface area contributed by atoms with Crippen molar-refractivity contribution in [1.29, 1.82) is 0 Å². The molecular weight excluding hydrogens is 348 g/mol. The molecule has 1 atom stereocenters. The van der Waals surface area contributed by atoms with Gasteiger partial charge in [-0.3, -0.25) is 4.90 Å². The van der Waals surface area contributed by atoms with Gasteiger partial charge in [-0.25, -0.2) is 8.42 Å². The first kappa shape index (κ1) is 19.4. The second-order valence-corrected chi connectivity index (χ2v) is 9.68. The lowest BCUT2D eigenvalue weighted by atomic mass is 10.0. The van der Waals surface area contributed by atoms with Crippen molar-refractivity contribution in [1.82, 2.24) is 9.88 Å². The third-order valence-corrected chi connectivity index (χ3v) is 7.22. The SMILES string of the molecule is CCS(=O)(=O)CCc1ccc2[nH]cc(CC3CCCN3CCOC)c2c1. The van der Waals surface area contributed by atoms with Gasteiger partial charge in [0.15, 0.2) is 0 Å². The van der Waals surface area contributed by atoms with E-state index in [1.165, 1.54) is 23.8 Å². The third kappa shape index (κ3) is 4.67. The van der Waals surface area contributed by atoms with E-state index >= 15 is 0 Å². The van der Waals surface area contributed by atoms with Gasteiger partial charge in [0.1, 0.15) is 9.84 Å². The highest BCUT2D eigenvalue weighted by molar-refractivity contribution is 7.91. The quantitative estimate of drug-likeness (QED) is 0.729. The molecule has 0 radical (unpaired) electrons. The van der Waals surface area contributed by atoms with E-state index < -0.39 is 9.84 Å². The number of aromatic amines is 1. The van der Waals surface area contributed by atoms with Gasteiger partial charge in [0.25, 0.3) is 0 Å². The van der Waals surface area contributed by atoms with Gasteiger partial charge in [0.2, 0.25) is 0 Å². The molecule has 2 aromatic rings. The number of hydrogen-bond acceptors (Lipinski definition) is 4. The number of ether oxygens (including phenoxy) is 1. The van der Waals surface area contributed by atoms with Crippen LogP contribution in [0.15, 0.2) is 24.4 Å². The number of sulfone groups is 1. The van der Waals surface area contributed by atoms with Crippen LogP contribution in [0.2, 0.25) is 0 Å². The average molecular weight is 379 g/mol. The molecule has 144 valence electrons. The maximum absolute atomic E-state index is 11.8. The third-order valence-electron chi connectivity index (χ3n) is 5.51. The summed E-state index contributed by atoms with van der Waals surface area (Å²) in [6, 6.07) is 6.84. The first-order chi connectivity index (χ1) is 12.5. The minimum atomic E-state index is -2.93. The molecule has 3 rings (SSSR count). The van der Waals surface area contributed by atoms with Gasteiger partial charge in [-0.15, -0.1) is 0 Å².